The van der Waals surface area contributed by atoms with Crippen molar-refractivity contribution in [3.8, 4) is 0 Å². The molecule has 1 atom stereocenters. The maximum absolute atomic E-state index is 6.46. The summed E-state index contributed by atoms with van der Waals surface area (Å²) < 4.78 is 6.46. The molecule has 0 aliphatic rings. The molecule has 0 aromatic rings. The van der Waals surface area contributed by atoms with Crippen molar-refractivity contribution in [1.82, 2.24) is 0 Å². The number of hydrogen-bond donors (Lipinski definition) is 1. The second-order valence-electron chi connectivity index (χ2n) is 5.68. The van der Waals surface area contributed by atoms with Crippen LogP contribution in [0.2, 0.25) is 31.7 Å². The van der Waals surface area contributed by atoms with E-state index in [-0.39, 0.29) is 5.35 Å². The van der Waals surface area contributed by atoms with E-state index in [0.29, 0.717) is 0 Å². The summed E-state index contributed by atoms with van der Waals surface area (Å²) in [6, 6.07) is 0. The van der Waals surface area contributed by atoms with Crippen LogP contribution in [0.1, 0.15) is 40.0 Å². The molecule has 2 nitrogen and oxygen atoms in total. The topological polar surface area (TPSA) is 35.2 Å². The van der Waals surface area contributed by atoms with E-state index in [0.717, 1.165) is 12.0 Å². The lowest BCUT2D eigenvalue weighted by molar-refractivity contribution is 0.136. The van der Waals surface area contributed by atoms with Crippen LogP contribution in [0.3, 0.4) is 0 Å². The highest BCUT2D eigenvalue weighted by molar-refractivity contribution is 6.74. The van der Waals surface area contributed by atoms with Crippen molar-refractivity contribution < 1.29 is 4.43 Å². The van der Waals surface area contributed by atoms with Gasteiger partial charge in [-0.15, -0.1) is 0 Å². The van der Waals surface area contributed by atoms with Crippen molar-refractivity contribution in [2.24, 2.45) is 5.73 Å². The van der Waals surface area contributed by atoms with Gasteiger partial charge in [-0.2, -0.15) is 0 Å². The third-order valence-corrected chi connectivity index (χ3v) is 10.4. The van der Waals surface area contributed by atoms with Gasteiger partial charge in [0.15, 0.2) is 8.32 Å². The maximum Gasteiger partial charge on any atom is 0.191 e. The predicted molar refractivity (Wildman–Crippen MR) is 79.0 cm³/mol. The minimum Gasteiger partial charge on any atom is -0.403 e. The Morgan fingerprint density at radius 2 is 1.62 bits per heavy atom. The Morgan fingerprint density at radius 1 is 1.19 bits per heavy atom. The average Bonchev–Trinajstić information content (AvgIpc) is 2.17. The predicted octanol–water partition coefficient (Wildman–Crippen LogP) is 3.49. The van der Waals surface area contributed by atoms with Crippen LogP contribution < -0.4 is 5.73 Å². The van der Waals surface area contributed by atoms with Gasteiger partial charge >= 0.3 is 0 Å². The van der Waals surface area contributed by atoms with E-state index in [1.54, 1.807) is 0 Å². The molecule has 16 heavy (non-hydrogen) atoms. The van der Waals surface area contributed by atoms with Gasteiger partial charge in [-0.3, -0.25) is 0 Å². The Labute approximate surface area is 105 Å². The van der Waals surface area contributed by atoms with Crippen LogP contribution in [0.4, 0.5) is 0 Å². The Balaban J connectivity index is 4.78. The highest BCUT2D eigenvalue weighted by Crippen LogP contribution is 2.33. The van der Waals surface area contributed by atoms with Crippen LogP contribution in [-0.4, -0.2) is 22.5 Å². The first kappa shape index (κ1) is 16.4. The molecule has 0 aromatic carbocycles. The molecule has 0 saturated carbocycles. The van der Waals surface area contributed by atoms with E-state index in [4.69, 9.17) is 10.2 Å². The zero-order valence-electron chi connectivity index (χ0n) is 12.3. The van der Waals surface area contributed by atoms with Crippen molar-refractivity contribution in [2.45, 2.75) is 77.1 Å². The molecule has 0 bridgehead atoms. The lowest BCUT2D eigenvalue weighted by Gasteiger charge is -2.42. The van der Waals surface area contributed by atoms with Gasteiger partial charge in [0.2, 0.25) is 0 Å². The first-order valence-corrected chi connectivity index (χ1v) is 12.6. The Hall–Kier alpha value is 0.354. The number of hydrogen-bond acceptors (Lipinski definition) is 2. The minimum atomic E-state index is -1.64. The van der Waals surface area contributed by atoms with Gasteiger partial charge in [-0.1, -0.05) is 46.7 Å². The smallest absolute Gasteiger partial charge is 0.191 e. The number of rotatable bonds is 7. The van der Waals surface area contributed by atoms with Crippen molar-refractivity contribution >= 4 is 17.1 Å². The molecule has 0 amide bonds. The van der Waals surface area contributed by atoms with E-state index in [2.05, 4.69) is 47.0 Å². The highest BCUT2D eigenvalue weighted by Gasteiger charge is 2.40. The van der Waals surface area contributed by atoms with Crippen molar-refractivity contribution in [3.05, 3.63) is 0 Å². The first-order chi connectivity index (χ1) is 7.23. The second-order valence-corrected chi connectivity index (χ2v) is 13.2. The van der Waals surface area contributed by atoms with Gasteiger partial charge in [0, 0.05) is 0 Å². The van der Waals surface area contributed by atoms with E-state index >= 15 is 0 Å². The quantitative estimate of drug-likeness (QED) is 0.562. The Bertz CT molecular complexity index is 205. The Kier molecular flexibility index (Phi) is 6.47. The fraction of sp³-hybridized carbons (Fsp3) is 1.00. The summed E-state index contributed by atoms with van der Waals surface area (Å²) >= 11 is 0. The summed E-state index contributed by atoms with van der Waals surface area (Å²) in [6.45, 7) is 15.9. The van der Waals surface area contributed by atoms with Crippen molar-refractivity contribution in [2.75, 3.05) is 0 Å². The van der Waals surface area contributed by atoms with Gasteiger partial charge in [-0.05, 0) is 25.1 Å². The van der Waals surface area contributed by atoms with E-state index < -0.39 is 17.1 Å². The first-order valence-electron chi connectivity index (χ1n) is 6.72. The minimum absolute atomic E-state index is 0.293. The molecule has 0 aliphatic carbocycles. The molecular formula is C12H31NOSi2. The molecule has 0 saturated heterocycles. The molecule has 0 heterocycles. The molecule has 0 spiro atoms. The SMILES string of the molecule is CCC(CC)[Si](C)(C)OC(N)(CC)[SiH](C)C. The van der Waals surface area contributed by atoms with Crippen molar-refractivity contribution in [1.29, 1.82) is 0 Å². The third-order valence-electron chi connectivity index (χ3n) is 3.95. The molecule has 0 rings (SSSR count). The standard InChI is InChI=1S/C12H31NOSi2/c1-8-11(9-2)16(6,7)14-12(13,10-3)15(4)5/h11,15H,8-10,13H2,1-7H3. The third kappa shape index (κ3) is 3.98. The van der Waals surface area contributed by atoms with E-state index in [1.807, 2.05) is 0 Å². The van der Waals surface area contributed by atoms with Crippen LogP contribution in [0, 0.1) is 0 Å². The van der Waals surface area contributed by atoms with E-state index in [9.17, 15) is 0 Å². The molecule has 0 radical (unpaired) electrons. The molecule has 0 aliphatic heterocycles. The van der Waals surface area contributed by atoms with Crippen LogP contribution >= 0.6 is 0 Å². The lowest BCUT2D eigenvalue weighted by atomic mass is 10.3. The van der Waals surface area contributed by atoms with Gasteiger partial charge in [-0.25, -0.2) is 0 Å². The normalized spacial score (nSPS) is 16.9. The van der Waals surface area contributed by atoms with Gasteiger partial charge in [0.05, 0.1) is 14.1 Å². The summed E-state index contributed by atoms with van der Waals surface area (Å²) in [6.07, 6.45) is 3.39. The fourth-order valence-electron chi connectivity index (χ4n) is 2.44. The summed E-state index contributed by atoms with van der Waals surface area (Å²) in [7, 11) is -2.62. The van der Waals surface area contributed by atoms with Crippen LogP contribution in [0.15, 0.2) is 0 Å². The molecule has 0 aromatic heterocycles. The van der Waals surface area contributed by atoms with Crippen LogP contribution in [0.5, 0.6) is 0 Å². The molecule has 4 heteroatoms. The Morgan fingerprint density at radius 3 is 1.88 bits per heavy atom. The van der Waals surface area contributed by atoms with Gasteiger partial charge in [0.1, 0.15) is 0 Å². The highest BCUT2D eigenvalue weighted by atomic mass is 28.4. The second kappa shape index (κ2) is 6.33. The molecule has 0 fully saturated rings. The summed E-state index contributed by atoms with van der Waals surface area (Å²) in [5.41, 5.74) is 7.18. The lowest BCUT2D eigenvalue weighted by Crippen LogP contribution is -2.59. The van der Waals surface area contributed by atoms with Gasteiger partial charge < -0.3 is 10.2 Å². The van der Waals surface area contributed by atoms with Crippen LogP contribution in [-0.2, 0) is 4.43 Å². The fourth-order valence-corrected chi connectivity index (χ4v) is 8.37. The summed E-state index contributed by atoms with van der Waals surface area (Å²) in [4.78, 5) is 0. The maximum atomic E-state index is 6.46. The van der Waals surface area contributed by atoms with Crippen LogP contribution in [0.25, 0.3) is 0 Å². The zero-order chi connectivity index (χ0) is 13.0. The molecular weight excluding hydrogens is 230 g/mol. The van der Waals surface area contributed by atoms with E-state index in [1.165, 1.54) is 12.8 Å². The summed E-state index contributed by atoms with van der Waals surface area (Å²) in [5.74, 6) is 0. The monoisotopic (exact) mass is 261 g/mol. The van der Waals surface area contributed by atoms with Gasteiger partial charge in [0.25, 0.3) is 0 Å². The zero-order valence-corrected chi connectivity index (χ0v) is 14.4. The average molecular weight is 262 g/mol. The van der Waals surface area contributed by atoms with Crippen molar-refractivity contribution in [3.63, 3.8) is 0 Å². The largest absolute Gasteiger partial charge is 0.403 e. The molecule has 1 unspecified atom stereocenters. The summed E-state index contributed by atoms with van der Waals surface area (Å²) in [5, 5.41) is -0.293. The molecule has 2 N–H and O–H groups in total. The molecule has 98 valence electrons. The number of nitrogens with two attached hydrogens (primary N) is 1.